The fourth-order valence-corrected chi connectivity index (χ4v) is 1.99. The summed E-state index contributed by atoms with van der Waals surface area (Å²) in [6, 6.07) is 1.96. The standard InChI is InChI=1S/C11H17N3O/c1-14-7-5-9(13-14)8-11(15)10-4-2-3-6-12-10/h5,7,10,12H,2-4,6,8H2,1H3. The third-order valence-corrected chi connectivity index (χ3v) is 2.82. The molecule has 1 fully saturated rings. The number of piperidine rings is 1. The summed E-state index contributed by atoms with van der Waals surface area (Å²) in [5.41, 5.74) is 0.870. The van der Waals surface area contributed by atoms with E-state index in [0.29, 0.717) is 6.42 Å². The van der Waals surface area contributed by atoms with Crippen molar-refractivity contribution < 1.29 is 4.79 Å². The van der Waals surface area contributed by atoms with Crippen LogP contribution < -0.4 is 5.32 Å². The molecule has 1 N–H and O–H groups in total. The van der Waals surface area contributed by atoms with Crippen LogP contribution in [-0.4, -0.2) is 28.2 Å². The molecule has 1 unspecified atom stereocenters. The highest BCUT2D eigenvalue weighted by atomic mass is 16.1. The Morgan fingerprint density at radius 2 is 2.53 bits per heavy atom. The average molecular weight is 207 g/mol. The fourth-order valence-electron chi connectivity index (χ4n) is 1.99. The molecule has 0 aromatic carbocycles. The van der Waals surface area contributed by atoms with Gasteiger partial charge in [0.25, 0.3) is 0 Å². The van der Waals surface area contributed by atoms with Gasteiger partial charge in [-0.2, -0.15) is 5.10 Å². The number of carbonyl (C=O) groups excluding carboxylic acids is 1. The molecule has 1 saturated heterocycles. The van der Waals surface area contributed by atoms with Crippen molar-refractivity contribution in [2.45, 2.75) is 31.7 Å². The highest BCUT2D eigenvalue weighted by molar-refractivity contribution is 5.85. The summed E-state index contributed by atoms with van der Waals surface area (Å²) >= 11 is 0. The second-order valence-corrected chi connectivity index (χ2v) is 4.13. The number of aromatic nitrogens is 2. The molecule has 1 atom stereocenters. The van der Waals surface area contributed by atoms with E-state index in [9.17, 15) is 4.79 Å². The maximum absolute atomic E-state index is 11.9. The van der Waals surface area contributed by atoms with Gasteiger partial charge in [0.05, 0.1) is 18.2 Å². The topological polar surface area (TPSA) is 46.9 Å². The van der Waals surface area contributed by atoms with E-state index in [-0.39, 0.29) is 11.8 Å². The Labute approximate surface area is 89.7 Å². The van der Waals surface area contributed by atoms with Crippen LogP contribution in [0, 0.1) is 0 Å². The van der Waals surface area contributed by atoms with Gasteiger partial charge in [-0.05, 0) is 25.5 Å². The average Bonchev–Trinajstić information content (AvgIpc) is 2.65. The van der Waals surface area contributed by atoms with Gasteiger partial charge in [-0.15, -0.1) is 0 Å². The van der Waals surface area contributed by atoms with Gasteiger partial charge in [0.1, 0.15) is 0 Å². The van der Waals surface area contributed by atoms with Gasteiger partial charge in [0.15, 0.2) is 5.78 Å². The number of hydrogen-bond donors (Lipinski definition) is 1. The van der Waals surface area contributed by atoms with E-state index in [0.717, 1.165) is 25.1 Å². The molecule has 4 nitrogen and oxygen atoms in total. The molecule has 1 aromatic heterocycles. The number of aryl methyl sites for hydroxylation is 1. The molecule has 0 amide bonds. The third kappa shape index (κ3) is 2.65. The molecule has 1 aliphatic rings. The molecular formula is C11H17N3O. The van der Waals surface area contributed by atoms with Crippen LogP contribution in [0.1, 0.15) is 25.0 Å². The van der Waals surface area contributed by atoms with Crippen molar-refractivity contribution in [2.75, 3.05) is 6.54 Å². The molecule has 0 bridgehead atoms. The van der Waals surface area contributed by atoms with Crippen molar-refractivity contribution in [2.24, 2.45) is 7.05 Å². The maximum Gasteiger partial charge on any atom is 0.155 e. The lowest BCUT2D eigenvalue weighted by molar-refractivity contribution is -0.121. The molecule has 4 heteroatoms. The molecule has 1 aromatic rings. The van der Waals surface area contributed by atoms with E-state index >= 15 is 0 Å². The summed E-state index contributed by atoms with van der Waals surface area (Å²) in [7, 11) is 1.87. The van der Waals surface area contributed by atoms with Crippen molar-refractivity contribution in [3.05, 3.63) is 18.0 Å². The largest absolute Gasteiger partial charge is 0.307 e. The lowest BCUT2D eigenvalue weighted by Crippen LogP contribution is -2.41. The second-order valence-electron chi connectivity index (χ2n) is 4.13. The van der Waals surface area contributed by atoms with Crippen LogP contribution in [0.3, 0.4) is 0 Å². The van der Waals surface area contributed by atoms with Crippen molar-refractivity contribution in [1.82, 2.24) is 15.1 Å². The Hall–Kier alpha value is -1.16. The molecule has 82 valence electrons. The Morgan fingerprint density at radius 1 is 1.67 bits per heavy atom. The predicted octanol–water partition coefficient (Wildman–Crippen LogP) is 0.674. The smallest absolute Gasteiger partial charge is 0.155 e. The van der Waals surface area contributed by atoms with Gasteiger partial charge < -0.3 is 5.32 Å². The first-order valence-electron chi connectivity index (χ1n) is 5.50. The zero-order chi connectivity index (χ0) is 10.7. The predicted molar refractivity (Wildman–Crippen MR) is 57.6 cm³/mol. The van der Waals surface area contributed by atoms with Crippen molar-refractivity contribution in [3.63, 3.8) is 0 Å². The zero-order valence-electron chi connectivity index (χ0n) is 9.07. The molecule has 2 rings (SSSR count). The van der Waals surface area contributed by atoms with Crippen LogP contribution in [0.25, 0.3) is 0 Å². The first kappa shape index (κ1) is 10.4. The van der Waals surface area contributed by atoms with Crippen LogP contribution in [0.5, 0.6) is 0 Å². The second kappa shape index (κ2) is 4.57. The van der Waals surface area contributed by atoms with Gasteiger partial charge in [-0.1, -0.05) is 6.42 Å². The van der Waals surface area contributed by atoms with Crippen LogP contribution >= 0.6 is 0 Å². The van der Waals surface area contributed by atoms with Crippen LogP contribution in [-0.2, 0) is 18.3 Å². The molecule has 0 spiro atoms. The normalized spacial score (nSPS) is 21.5. The van der Waals surface area contributed by atoms with Gasteiger partial charge in [0.2, 0.25) is 0 Å². The molecule has 0 aliphatic carbocycles. The molecular weight excluding hydrogens is 190 g/mol. The van der Waals surface area contributed by atoms with Crippen LogP contribution in [0.4, 0.5) is 0 Å². The van der Waals surface area contributed by atoms with Crippen molar-refractivity contribution in [3.8, 4) is 0 Å². The molecule has 15 heavy (non-hydrogen) atoms. The molecule has 0 saturated carbocycles. The quantitative estimate of drug-likeness (QED) is 0.792. The minimum Gasteiger partial charge on any atom is -0.307 e. The Morgan fingerprint density at radius 3 is 3.13 bits per heavy atom. The molecule has 1 aliphatic heterocycles. The van der Waals surface area contributed by atoms with E-state index < -0.39 is 0 Å². The van der Waals surface area contributed by atoms with E-state index in [1.54, 1.807) is 4.68 Å². The van der Waals surface area contributed by atoms with E-state index in [1.807, 2.05) is 19.3 Å². The number of carbonyl (C=O) groups is 1. The highest BCUT2D eigenvalue weighted by Crippen LogP contribution is 2.10. The van der Waals surface area contributed by atoms with Gasteiger partial charge >= 0.3 is 0 Å². The first-order chi connectivity index (χ1) is 7.25. The SMILES string of the molecule is Cn1ccc(CC(=O)C2CCCCN2)n1. The minimum atomic E-state index is 0.0563. The number of hydrogen-bond acceptors (Lipinski definition) is 3. The van der Waals surface area contributed by atoms with Crippen molar-refractivity contribution in [1.29, 1.82) is 0 Å². The third-order valence-electron chi connectivity index (χ3n) is 2.82. The van der Waals surface area contributed by atoms with Gasteiger partial charge in [-0.25, -0.2) is 0 Å². The summed E-state index contributed by atoms with van der Waals surface area (Å²) in [6.07, 6.45) is 5.65. The van der Waals surface area contributed by atoms with Crippen molar-refractivity contribution >= 4 is 5.78 Å². The molecule has 0 radical (unpaired) electrons. The van der Waals surface area contributed by atoms with E-state index in [1.165, 1.54) is 6.42 Å². The lowest BCUT2D eigenvalue weighted by atomic mass is 9.98. The van der Waals surface area contributed by atoms with E-state index in [2.05, 4.69) is 10.4 Å². The summed E-state index contributed by atoms with van der Waals surface area (Å²) < 4.78 is 1.73. The number of nitrogens with zero attached hydrogens (tertiary/aromatic N) is 2. The molecule has 2 heterocycles. The lowest BCUT2D eigenvalue weighted by Gasteiger charge is -2.21. The minimum absolute atomic E-state index is 0.0563. The number of ketones is 1. The zero-order valence-corrected chi connectivity index (χ0v) is 9.07. The summed E-state index contributed by atoms with van der Waals surface area (Å²) in [6.45, 7) is 0.971. The summed E-state index contributed by atoms with van der Waals surface area (Å²) in [5.74, 6) is 0.272. The number of Topliss-reactive ketones (excluding diaryl/α,β-unsaturated/α-hetero) is 1. The summed E-state index contributed by atoms with van der Waals surface area (Å²) in [4.78, 5) is 11.9. The summed E-state index contributed by atoms with van der Waals surface area (Å²) in [5, 5.41) is 7.48. The fraction of sp³-hybridized carbons (Fsp3) is 0.636. The van der Waals surface area contributed by atoms with E-state index in [4.69, 9.17) is 0 Å². The Bertz CT molecular complexity index is 339. The monoisotopic (exact) mass is 207 g/mol. The van der Waals surface area contributed by atoms with Crippen LogP contribution in [0.15, 0.2) is 12.3 Å². The highest BCUT2D eigenvalue weighted by Gasteiger charge is 2.20. The van der Waals surface area contributed by atoms with Gasteiger partial charge in [-0.3, -0.25) is 9.48 Å². The Balaban J connectivity index is 1.91. The maximum atomic E-state index is 11.9. The number of nitrogens with one attached hydrogen (secondary N) is 1. The Kier molecular flexibility index (Phi) is 3.16. The van der Waals surface area contributed by atoms with Gasteiger partial charge in [0, 0.05) is 13.2 Å². The van der Waals surface area contributed by atoms with Crippen LogP contribution in [0.2, 0.25) is 0 Å². The first-order valence-corrected chi connectivity index (χ1v) is 5.50. The number of rotatable bonds is 3.